The molecule has 2 nitrogen and oxygen atoms in total. The number of hydrogen-bond acceptors (Lipinski definition) is 2. The van der Waals surface area contributed by atoms with Gasteiger partial charge in [0, 0.05) is 32.2 Å². The second kappa shape index (κ2) is 6.58. The zero-order chi connectivity index (χ0) is 13.9. The molecule has 0 spiro atoms. The Morgan fingerprint density at radius 1 is 1.05 bits per heavy atom. The van der Waals surface area contributed by atoms with E-state index in [9.17, 15) is 0 Å². The van der Waals surface area contributed by atoms with E-state index in [2.05, 4.69) is 37.9 Å². The Morgan fingerprint density at radius 3 is 2.26 bits per heavy atom. The highest BCUT2D eigenvalue weighted by molar-refractivity contribution is 4.88. The second-order valence-corrected chi connectivity index (χ2v) is 7.93. The summed E-state index contributed by atoms with van der Waals surface area (Å²) in [5.74, 6) is 2.00. The lowest BCUT2D eigenvalue weighted by Crippen LogP contribution is -2.56. The van der Waals surface area contributed by atoms with Gasteiger partial charge >= 0.3 is 0 Å². The molecule has 1 aliphatic heterocycles. The lowest BCUT2D eigenvalue weighted by Gasteiger charge is -2.42. The maximum Gasteiger partial charge on any atom is 0.0244 e. The van der Waals surface area contributed by atoms with Crippen LogP contribution in [-0.2, 0) is 0 Å². The Hall–Kier alpha value is -0.0800. The lowest BCUT2D eigenvalue weighted by atomic mass is 9.80. The molecular weight excluding hydrogens is 232 g/mol. The fourth-order valence-electron chi connectivity index (χ4n) is 3.74. The zero-order valence-electron chi connectivity index (χ0n) is 13.5. The molecule has 1 atom stereocenters. The van der Waals surface area contributed by atoms with Gasteiger partial charge in [0.2, 0.25) is 0 Å². The van der Waals surface area contributed by atoms with Gasteiger partial charge in [-0.2, -0.15) is 0 Å². The summed E-state index contributed by atoms with van der Waals surface area (Å²) in [6.45, 7) is 14.5. The van der Waals surface area contributed by atoms with Crippen molar-refractivity contribution in [2.75, 3.05) is 26.2 Å². The van der Waals surface area contributed by atoms with Crippen molar-refractivity contribution >= 4 is 0 Å². The maximum absolute atomic E-state index is 3.70. The smallest absolute Gasteiger partial charge is 0.0244 e. The van der Waals surface area contributed by atoms with Crippen LogP contribution >= 0.6 is 0 Å². The summed E-state index contributed by atoms with van der Waals surface area (Å²) in [7, 11) is 0. The van der Waals surface area contributed by atoms with Crippen molar-refractivity contribution in [1.82, 2.24) is 10.2 Å². The molecule has 2 heteroatoms. The van der Waals surface area contributed by atoms with Crippen LogP contribution in [0.2, 0.25) is 0 Å². The average Bonchev–Trinajstić information content (AvgIpc) is 2.39. The molecule has 0 aromatic rings. The van der Waals surface area contributed by atoms with E-state index in [1.165, 1.54) is 58.3 Å². The van der Waals surface area contributed by atoms with Crippen molar-refractivity contribution in [3.63, 3.8) is 0 Å². The summed E-state index contributed by atoms with van der Waals surface area (Å²) in [4.78, 5) is 2.73. The maximum atomic E-state index is 3.70. The van der Waals surface area contributed by atoms with E-state index in [0.717, 1.165) is 11.8 Å². The van der Waals surface area contributed by atoms with Crippen LogP contribution in [0, 0.1) is 17.3 Å². The highest BCUT2D eigenvalue weighted by atomic mass is 15.2. The Morgan fingerprint density at radius 2 is 1.68 bits per heavy atom. The second-order valence-electron chi connectivity index (χ2n) is 7.93. The Labute approximate surface area is 120 Å². The zero-order valence-corrected chi connectivity index (χ0v) is 13.5. The molecule has 1 saturated carbocycles. The molecule has 1 aliphatic carbocycles. The van der Waals surface area contributed by atoms with Crippen molar-refractivity contribution in [3.05, 3.63) is 0 Å². The first-order valence-corrected chi connectivity index (χ1v) is 8.44. The summed E-state index contributed by atoms with van der Waals surface area (Å²) >= 11 is 0. The highest BCUT2D eigenvalue weighted by Crippen LogP contribution is 2.31. The minimum atomic E-state index is 0.387. The van der Waals surface area contributed by atoms with Crippen molar-refractivity contribution in [1.29, 1.82) is 0 Å². The summed E-state index contributed by atoms with van der Waals surface area (Å²) in [5, 5.41) is 3.70. The van der Waals surface area contributed by atoms with Crippen molar-refractivity contribution in [2.45, 2.75) is 65.8 Å². The van der Waals surface area contributed by atoms with Crippen LogP contribution < -0.4 is 5.32 Å². The third kappa shape index (κ3) is 4.46. The van der Waals surface area contributed by atoms with Gasteiger partial charge in [-0.3, -0.25) is 0 Å². The molecule has 1 N–H and O–H groups in total. The molecule has 2 fully saturated rings. The van der Waals surface area contributed by atoms with E-state index in [4.69, 9.17) is 0 Å². The van der Waals surface area contributed by atoms with Gasteiger partial charge < -0.3 is 10.2 Å². The number of piperazine rings is 1. The van der Waals surface area contributed by atoms with Crippen LogP contribution in [0.25, 0.3) is 0 Å². The molecule has 1 saturated heterocycles. The molecule has 0 amide bonds. The van der Waals surface area contributed by atoms with E-state index < -0.39 is 0 Å². The highest BCUT2D eigenvalue weighted by Gasteiger charge is 2.30. The Balaban J connectivity index is 1.77. The minimum absolute atomic E-state index is 0.387. The van der Waals surface area contributed by atoms with Gasteiger partial charge in [0.25, 0.3) is 0 Å². The molecule has 2 rings (SSSR count). The molecule has 2 aliphatic rings. The van der Waals surface area contributed by atoms with Crippen LogP contribution in [0.4, 0.5) is 0 Å². The molecule has 1 unspecified atom stereocenters. The SMILES string of the molecule is CCC1CCC(CN2CCNC(C(C)(C)C)C2)CC1. The van der Waals surface area contributed by atoms with Gasteiger partial charge in [0.1, 0.15) is 0 Å². The monoisotopic (exact) mass is 266 g/mol. The van der Waals surface area contributed by atoms with E-state index in [1.54, 1.807) is 0 Å². The fourth-order valence-corrected chi connectivity index (χ4v) is 3.74. The van der Waals surface area contributed by atoms with Gasteiger partial charge in [0.15, 0.2) is 0 Å². The van der Waals surface area contributed by atoms with E-state index in [1.807, 2.05) is 0 Å². The van der Waals surface area contributed by atoms with E-state index in [0.29, 0.717) is 11.5 Å². The standard InChI is InChI=1S/C17H34N2/c1-5-14-6-8-15(9-7-14)12-19-11-10-18-16(13-19)17(2,3)4/h14-16,18H,5-13H2,1-4H3. The average molecular weight is 266 g/mol. The molecule has 0 bridgehead atoms. The molecule has 0 radical (unpaired) electrons. The van der Waals surface area contributed by atoms with Crippen molar-refractivity contribution in [3.8, 4) is 0 Å². The number of nitrogens with zero attached hydrogens (tertiary/aromatic N) is 1. The number of rotatable bonds is 3. The minimum Gasteiger partial charge on any atom is -0.311 e. The summed E-state index contributed by atoms with van der Waals surface area (Å²) in [6, 6.07) is 0.660. The quantitative estimate of drug-likeness (QED) is 0.841. The van der Waals surface area contributed by atoms with Crippen molar-refractivity contribution in [2.24, 2.45) is 17.3 Å². The van der Waals surface area contributed by atoms with Crippen LogP contribution in [0.5, 0.6) is 0 Å². The molecule has 19 heavy (non-hydrogen) atoms. The van der Waals surface area contributed by atoms with Crippen LogP contribution in [0.3, 0.4) is 0 Å². The van der Waals surface area contributed by atoms with Crippen molar-refractivity contribution < 1.29 is 0 Å². The molecule has 0 aromatic carbocycles. The Kier molecular flexibility index (Phi) is 5.30. The molecule has 0 aromatic heterocycles. The predicted molar refractivity (Wildman–Crippen MR) is 83.4 cm³/mol. The molecular formula is C17H34N2. The summed E-state index contributed by atoms with van der Waals surface area (Å²) in [6.07, 6.45) is 7.31. The Bertz CT molecular complexity index is 261. The van der Waals surface area contributed by atoms with Gasteiger partial charge in [-0.25, -0.2) is 0 Å². The molecule has 1 heterocycles. The summed E-state index contributed by atoms with van der Waals surface area (Å²) in [5.41, 5.74) is 0.387. The normalized spacial score (nSPS) is 34.4. The number of nitrogens with one attached hydrogen (secondary N) is 1. The topological polar surface area (TPSA) is 15.3 Å². The van der Waals surface area contributed by atoms with Gasteiger partial charge in [0.05, 0.1) is 0 Å². The predicted octanol–water partition coefficient (Wildman–Crippen LogP) is 3.52. The first-order valence-electron chi connectivity index (χ1n) is 8.44. The number of hydrogen-bond donors (Lipinski definition) is 1. The van der Waals surface area contributed by atoms with E-state index >= 15 is 0 Å². The lowest BCUT2D eigenvalue weighted by molar-refractivity contribution is 0.106. The molecule has 112 valence electrons. The first-order chi connectivity index (χ1) is 8.99. The summed E-state index contributed by atoms with van der Waals surface area (Å²) < 4.78 is 0. The first kappa shape index (κ1) is 15.3. The van der Waals surface area contributed by atoms with Gasteiger partial charge in [-0.15, -0.1) is 0 Å². The van der Waals surface area contributed by atoms with E-state index in [-0.39, 0.29) is 0 Å². The van der Waals surface area contributed by atoms with Crippen LogP contribution in [0.15, 0.2) is 0 Å². The van der Waals surface area contributed by atoms with Crippen LogP contribution in [0.1, 0.15) is 59.8 Å². The third-order valence-corrected chi connectivity index (χ3v) is 5.37. The van der Waals surface area contributed by atoms with Crippen LogP contribution in [-0.4, -0.2) is 37.1 Å². The largest absolute Gasteiger partial charge is 0.311 e. The fraction of sp³-hybridized carbons (Fsp3) is 1.00. The third-order valence-electron chi connectivity index (χ3n) is 5.37. The van der Waals surface area contributed by atoms with Gasteiger partial charge in [-0.1, -0.05) is 47.0 Å². The van der Waals surface area contributed by atoms with Gasteiger partial charge in [-0.05, 0) is 30.1 Å².